The second-order valence-electron chi connectivity index (χ2n) is 5.07. The van der Waals surface area contributed by atoms with Gasteiger partial charge in [0.2, 0.25) is 5.95 Å². The highest BCUT2D eigenvalue weighted by Gasteiger charge is 2.15. The Kier molecular flexibility index (Phi) is 4.68. The Hall–Kier alpha value is -1.65. The first-order valence-corrected chi connectivity index (χ1v) is 7.59. The molecule has 1 aromatic carbocycles. The highest BCUT2D eigenvalue weighted by Crippen LogP contribution is 2.19. The summed E-state index contributed by atoms with van der Waals surface area (Å²) in [7, 11) is 0. The maximum Gasteiger partial charge on any atom is 0.226 e. The molecule has 1 fully saturated rings. The van der Waals surface area contributed by atoms with Crippen LogP contribution >= 0.6 is 11.6 Å². The molecule has 0 aliphatic carbocycles. The Morgan fingerprint density at radius 1 is 1.10 bits per heavy atom. The predicted octanol–water partition coefficient (Wildman–Crippen LogP) is 2.75. The van der Waals surface area contributed by atoms with Crippen molar-refractivity contribution in [3.8, 4) is 0 Å². The number of benzene rings is 1. The molecule has 0 amide bonds. The number of aryl methyl sites for hydroxylation is 2. The molecule has 0 spiro atoms. The zero-order valence-corrected chi connectivity index (χ0v) is 12.6. The minimum absolute atomic E-state index is 0.558. The van der Waals surface area contributed by atoms with Gasteiger partial charge in [-0.1, -0.05) is 41.9 Å². The fourth-order valence-electron chi connectivity index (χ4n) is 2.38. The second-order valence-corrected chi connectivity index (χ2v) is 5.43. The van der Waals surface area contributed by atoms with Gasteiger partial charge in [0.25, 0.3) is 0 Å². The molecule has 4 nitrogen and oxygen atoms in total. The quantitative estimate of drug-likeness (QED) is 0.814. The van der Waals surface area contributed by atoms with Crippen molar-refractivity contribution in [1.29, 1.82) is 0 Å². The van der Waals surface area contributed by atoms with Gasteiger partial charge in [0, 0.05) is 24.8 Å². The monoisotopic (exact) mass is 303 g/mol. The third kappa shape index (κ3) is 3.71. The van der Waals surface area contributed by atoms with Crippen LogP contribution in [0, 0.1) is 0 Å². The maximum absolute atomic E-state index is 6.31. The summed E-state index contributed by atoms with van der Waals surface area (Å²) in [6.07, 6.45) is 3.65. The number of rotatable bonds is 4. The Balaban J connectivity index is 1.66. The lowest BCUT2D eigenvalue weighted by Gasteiger charge is -2.26. The summed E-state index contributed by atoms with van der Waals surface area (Å²) < 4.78 is 5.33. The number of anilines is 1. The third-order valence-corrected chi connectivity index (χ3v) is 3.95. The van der Waals surface area contributed by atoms with Crippen molar-refractivity contribution in [2.75, 3.05) is 31.2 Å². The molecule has 2 aromatic rings. The van der Waals surface area contributed by atoms with Crippen LogP contribution in [0.2, 0.25) is 5.15 Å². The van der Waals surface area contributed by atoms with E-state index >= 15 is 0 Å². The van der Waals surface area contributed by atoms with Gasteiger partial charge in [-0.15, -0.1) is 0 Å². The molecule has 1 saturated heterocycles. The van der Waals surface area contributed by atoms with Crippen molar-refractivity contribution < 1.29 is 4.74 Å². The van der Waals surface area contributed by atoms with E-state index in [0.29, 0.717) is 11.1 Å². The molecule has 0 bridgehead atoms. The minimum Gasteiger partial charge on any atom is -0.378 e. The van der Waals surface area contributed by atoms with Gasteiger partial charge in [-0.05, 0) is 18.4 Å². The average Bonchev–Trinajstić information content (AvgIpc) is 2.55. The summed E-state index contributed by atoms with van der Waals surface area (Å²) >= 11 is 6.31. The first-order chi connectivity index (χ1) is 10.3. The molecular formula is C16H18ClN3O. The number of hydrogen-bond acceptors (Lipinski definition) is 4. The van der Waals surface area contributed by atoms with Crippen LogP contribution in [-0.2, 0) is 17.6 Å². The van der Waals surface area contributed by atoms with Crippen molar-refractivity contribution in [3.05, 3.63) is 52.8 Å². The lowest BCUT2D eigenvalue weighted by atomic mass is 10.1. The average molecular weight is 304 g/mol. The van der Waals surface area contributed by atoms with E-state index in [4.69, 9.17) is 16.3 Å². The van der Waals surface area contributed by atoms with Crippen LogP contribution in [0.25, 0.3) is 0 Å². The smallest absolute Gasteiger partial charge is 0.226 e. The maximum atomic E-state index is 6.31. The number of hydrogen-bond donors (Lipinski definition) is 0. The summed E-state index contributed by atoms with van der Waals surface area (Å²) in [5.74, 6) is 0.701. The minimum atomic E-state index is 0.558. The molecule has 1 aliphatic rings. The highest BCUT2D eigenvalue weighted by atomic mass is 35.5. The van der Waals surface area contributed by atoms with Crippen LogP contribution in [0.15, 0.2) is 36.5 Å². The normalized spacial score (nSPS) is 15.2. The second kappa shape index (κ2) is 6.87. The molecule has 0 N–H and O–H groups in total. The molecule has 110 valence electrons. The van der Waals surface area contributed by atoms with Gasteiger partial charge in [-0.2, -0.15) is 0 Å². The Labute approximate surface area is 129 Å². The van der Waals surface area contributed by atoms with Gasteiger partial charge < -0.3 is 9.64 Å². The topological polar surface area (TPSA) is 38.2 Å². The standard InChI is InChI=1S/C16H18ClN3O/c17-15-14(7-6-13-4-2-1-3-5-13)12-18-16(19-15)20-8-10-21-11-9-20/h1-5,12H,6-11H2. The van der Waals surface area contributed by atoms with Crippen molar-refractivity contribution in [2.24, 2.45) is 0 Å². The zero-order chi connectivity index (χ0) is 14.5. The van der Waals surface area contributed by atoms with Crippen LogP contribution in [0.3, 0.4) is 0 Å². The van der Waals surface area contributed by atoms with Gasteiger partial charge in [0.15, 0.2) is 0 Å². The van der Waals surface area contributed by atoms with Crippen molar-refractivity contribution >= 4 is 17.5 Å². The molecule has 0 atom stereocenters. The number of morpholine rings is 1. The van der Waals surface area contributed by atoms with Crippen LogP contribution in [0.1, 0.15) is 11.1 Å². The summed E-state index contributed by atoms with van der Waals surface area (Å²) in [4.78, 5) is 11.0. The largest absolute Gasteiger partial charge is 0.378 e. The van der Waals surface area contributed by atoms with Crippen molar-refractivity contribution in [3.63, 3.8) is 0 Å². The summed E-state index contributed by atoms with van der Waals surface area (Å²) in [5.41, 5.74) is 2.29. The molecule has 0 radical (unpaired) electrons. The molecule has 3 rings (SSSR count). The number of ether oxygens (including phenoxy) is 1. The number of halogens is 1. The fourth-order valence-corrected chi connectivity index (χ4v) is 2.60. The molecule has 0 unspecified atom stereocenters. The third-order valence-electron chi connectivity index (χ3n) is 3.62. The van der Waals surface area contributed by atoms with Crippen LogP contribution in [0.5, 0.6) is 0 Å². The van der Waals surface area contributed by atoms with E-state index in [1.807, 2.05) is 12.3 Å². The van der Waals surface area contributed by atoms with Crippen LogP contribution < -0.4 is 4.90 Å². The van der Waals surface area contributed by atoms with Gasteiger partial charge in [-0.25, -0.2) is 9.97 Å². The van der Waals surface area contributed by atoms with Crippen molar-refractivity contribution in [1.82, 2.24) is 9.97 Å². The van der Waals surface area contributed by atoms with E-state index in [0.717, 1.165) is 44.7 Å². The first kappa shape index (κ1) is 14.3. The van der Waals surface area contributed by atoms with Crippen LogP contribution in [0.4, 0.5) is 5.95 Å². The van der Waals surface area contributed by atoms with Gasteiger partial charge in [0.1, 0.15) is 5.15 Å². The summed E-state index contributed by atoms with van der Waals surface area (Å²) in [5, 5.41) is 0.558. The van der Waals surface area contributed by atoms with E-state index < -0.39 is 0 Å². The zero-order valence-electron chi connectivity index (χ0n) is 11.8. The van der Waals surface area contributed by atoms with E-state index in [9.17, 15) is 0 Å². The lowest BCUT2D eigenvalue weighted by Crippen LogP contribution is -2.37. The van der Waals surface area contributed by atoms with Crippen LogP contribution in [-0.4, -0.2) is 36.3 Å². The van der Waals surface area contributed by atoms with E-state index in [1.54, 1.807) is 0 Å². The van der Waals surface area contributed by atoms with Crippen molar-refractivity contribution in [2.45, 2.75) is 12.8 Å². The fraction of sp³-hybridized carbons (Fsp3) is 0.375. The molecule has 0 saturated carbocycles. The predicted molar refractivity (Wildman–Crippen MR) is 83.9 cm³/mol. The first-order valence-electron chi connectivity index (χ1n) is 7.21. The molecule has 2 heterocycles. The molecule has 21 heavy (non-hydrogen) atoms. The highest BCUT2D eigenvalue weighted by molar-refractivity contribution is 6.30. The van der Waals surface area contributed by atoms with Gasteiger partial charge in [0.05, 0.1) is 13.2 Å². The Morgan fingerprint density at radius 3 is 2.57 bits per heavy atom. The molecule has 5 heteroatoms. The van der Waals surface area contributed by atoms with E-state index in [1.165, 1.54) is 5.56 Å². The van der Waals surface area contributed by atoms with E-state index in [2.05, 4.69) is 39.1 Å². The number of aromatic nitrogens is 2. The van der Waals surface area contributed by atoms with Gasteiger partial charge in [-0.3, -0.25) is 0 Å². The lowest BCUT2D eigenvalue weighted by molar-refractivity contribution is 0.122. The molecule has 1 aromatic heterocycles. The SMILES string of the molecule is Clc1nc(N2CCOCC2)ncc1CCc1ccccc1. The Bertz CT molecular complexity index is 585. The number of nitrogens with zero attached hydrogens (tertiary/aromatic N) is 3. The van der Waals surface area contributed by atoms with E-state index in [-0.39, 0.29) is 0 Å². The summed E-state index contributed by atoms with van der Waals surface area (Å²) in [6, 6.07) is 10.4. The summed E-state index contributed by atoms with van der Waals surface area (Å²) in [6.45, 7) is 3.08. The van der Waals surface area contributed by atoms with Gasteiger partial charge >= 0.3 is 0 Å². The Morgan fingerprint density at radius 2 is 1.86 bits per heavy atom. The molecular weight excluding hydrogens is 286 g/mol. The molecule has 1 aliphatic heterocycles.